The molecule has 10 heteroatoms. The SMILES string of the molecule is CCCc1cccc2c1C(=O)N(CSc1nnnn1-c1ccccc1)S2(=O)=O. The molecular weight excluding hydrogens is 398 g/mol. The van der Waals surface area contributed by atoms with Crippen molar-refractivity contribution in [1.82, 2.24) is 24.5 Å². The maximum Gasteiger partial charge on any atom is 0.270 e. The summed E-state index contributed by atoms with van der Waals surface area (Å²) in [6.07, 6.45) is 1.47. The number of nitrogens with zero attached hydrogens (tertiary/aromatic N) is 5. The van der Waals surface area contributed by atoms with E-state index in [2.05, 4.69) is 15.5 Å². The molecule has 8 nitrogen and oxygen atoms in total. The van der Waals surface area contributed by atoms with Crippen molar-refractivity contribution in [3.8, 4) is 5.69 Å². The van der Waals surface area contributed by atoms with Gasteiger partial charge in [0.15, 0.2) is 0 Å². The Morgan fingerprint density at radius 2 is 1.86 bits per heavy atom. The minimum atomic E-state index is -3.88. The highest BCUT2D eigenvalue weighted by Gasteiger charge is 2.42. The molecule has 0 N–H and O–H groups in total. The molecule has 28 heavy (non-hydrogen) atoms. The Bertz CT molecular complexity index is 1130. The van der Waals surface area contributed by atoms with Crippen molar-refractivity contribution in [3.05, 3.63) is 59.7 Å². The van der Waals surface area contributed by atoms with E-state index in [4.69, 9.17) is 0 Å². The molecule has 2 aromatic carbocycles. The number of hydrogen-bond acceptors (Lipinski definition) is 7. The third kappa shape index (κ3) is 3.08. The minimum Gasteiger partial charge on any atom is -0.268 e. The van der Waals surface area contributed by atoms with Gasteiger partial charge in [-0.2, -0.15) is 4.68 Å². The van der Waals surface area contributed by atoms with Crippen LogP contribution in [0.3, 0.4) is 0 Å². The van der Waals surface area contributed by atoms with Crippen LogP contribution in [0.5, 0.6) is 0 Å². The second kappa shape index (κ2) is 7.36. The number of tetrazole rings is 1. The molecule has 0 atom stereocenters. The number of thioether (sulfide) groups is 1. The number of fused-ring (bicyclic) bond motifs is 1. The first kappa shape index (κ1) is 18.6. The standard InChI is InChI=1S/C18H17N5O3S2/c1-2-7-13-8-6-11-15-16(13)17(24)22(28(15,25)26)12-27-18-19-20-21-23(18)14-9-4-3-5-10-14/h3-6,8-11H,2,7,12H2,1H3. The Labute approximate surface area is 166 Å². The zero-order valence-electron chi connectivity index (χ0n) is 15.0. The number of aryl methyl sites for hydroxylation is 1. The van der Waals surface area contributed by atoms with Gasteiger partial charge in [0.1, 0.15) is 4.90 Å². The number of benzene rings is 2. The van der Waals surface area contributed by atoms with E-state index in [9.17, 15) is 13.2 Å². The van der Waals surface area contributed by atoms with Crippen molar-refractivity contribution in [1.29, 1.82) is 0 Å². The first-order valence-electron chi connectivity index (χ1n) is 8.69. The van der Waals surface area contributed by atoms with Crippen molar-refractivity contribution in [2.45, 2.75) is 29.8 Å². The fourth-order valence-electron chi connectivity index (χ4n) is 3.11. The second-order valence-corrected chi connectivity index (χ2v) is 8.92. The van der Waals surface area contributed by atoms with Crippen LogP contribution < -0.4 is 0 Å². The zero-order valence-corrected chi connectivity index (χ0v) is 16.7. The van der Waals surface area contributed by atoms with Gasteiger partial charge >= 0.3 is 0 Å². The van der Waals surface area contributed by atoms with Crippen LogP contribution in [0.25, 0.3) is 5.69 Å². The molecule has 0 bridgehead atoms. The van der Waals surface area contributed by atoms with Crippen molar-refractivity contribution >= 4 is 27.7 Å². The monoisotopic (exact) mass is 415 g/mol. The number of hydrogen-bond donors (Lipinski definition) is 0. The van der Waals surface area contributed by atoms with E-state index in [1.807, 2.05) is 43.3 Å². The molecule has 0 saturated heterocycles. The maximum atomic E-state index is 12.9. The zero-order chi connectivity index (χ0) is 19.7. The molecular formula is C18H17N5O3S2. The highest BCUT2D eigenvalue weighted by molar-refractivity contribution is 8.00. The molecule has 1 aliphatic heterocycles. The van der Waals surface area contributed by atoms with E-state index in [0.717, 1.165) is 33.7 Å². The van der Waals surface area contributed by atoms with Crippen LogP contribution in [-0.4, -0.2) is 44.7 Å². The molecule has 1 amide bonds. The van der Waals surface area contributed by atoms with Gasteiger partial charge in [-0.05, 0) is 40.6 Å². The van der Waals surface area contributed by atoms with E-state index in [1.165, 1.54) is 10.7 Å². The molecule has 0 aliphatic carbocycles. The summed E-state index contributed by atoms with van der Waals surface area (Å²) in [4.78, 5) is 13.0. The molecule has 0 fully saturated rings. The molecule has 0 spiro atoms. The minimum absolute atomic E-state index is 0.0756. The van der Waals surface area contributed by atoms with Gasteiger partial charge in [0, 0.05) is 0 Å². The average Bonchev–Trinajstić information content (AvgIpc) is 3.23. The summed E-state index contributed by atoms with van der Waals surface area (Å²) >= 11 is 1.09. The number of rotatable bonds is 6. The van der Waals surface area contributed by atoms with Crippen molar-refractivity contribution in [3.63, 3.8) is 0 Å². The first-order chi connectivity index (χ1) is 13.5. The van der Waals surface area contributed by atoms with Crippen molar-refractivity contribution in [2.24, 2.45) is 0 Å². The van der Waals surface area contributed by atoms with Gasteiger partial charge in [-0.25, -0.2) is 12.7 Å². The third-order valence-electron chi connectivity index (χ3n) is 4.39. The summed E-state index contributed by atoms with van der Waals surface area (Å²) in [6, 6.07) is 14.2. The van der Waals surface area contributed by atoms with Gasteiger partial charge in [-0.3, -0.25) is 4.79 Å². The molecule has 144 valence electrons. The lowest BCUT2D eigenvalue weighted by Gasteiger charge is -2.14. The van der Waals surface area contributed by atoms with Crippen LogP contribution in [0.1, 0.15) is 29.3 Å². The normalized spacial score (nSPS) is 15.0. The number of carbonyl (C=O) groups excluding carboxylic acids is 1. The van der Waals surface area contributed by atoms with Crippen molar-refractivity contribution < 1.29 is 13.2 Å². The van der Waals surface area contributed by atoms with Crippen LogP contribution in [0, 0.1) is 0 Å². The highest BCUT2D eigenvalue weighted by atomic mass is 32.2. The summed E-state index contributed by atoms with van der Waals surface area (Å²) < 4.78 is 28.2. The topological polar surface area (TPSA) is 98.1 Å². The van der Waals surface area contributed by atoms with Crippen LogP contribution in [0.15, 0.2) is 58.6 Å². The molecule has 3 aromatic rings. The Hall–Kier alpha value is -2.72. The molecule has 0 radical (unpaired) electrons. The highest BCUT2D eigenvalue weighted by Crippen LogP contribution is 2.35. The van der Waals surface area contributed by atoms with Crippen LogP contribution in [0.2, 0.25) is 0 Å². The summed E-state index contributed by atoms with van der Waals surface area (Å²) in [5.41, 5.74) is 1.79. The van der Waals surface area contributed by atoms with Crippen LogP contribution in [0.4, 0.5) is 0 Å². The smallest absolute Gasteiger partial charge is 0.268 e. The summed E-state index contributed by atoms with van der Waals surface area (Å²) in [6.45, 7) is 1.99. The quantitative estimate of drug-likeness (QED) is 0.571. The lowest BCUT2D eigenvalue weighted by atomic mass is 10.0. The van der Waals surface area contributed by atoms with Crippen LogP contribution in [-0.2, 0) is 16.4 Å². The number of para-hydroxylation sites is 1. The Kier molecular flexibility index (Phi) is 4.90. The molecule has 0 saturated carbocycles. The lowest BCUT2D eigenvalue weighted by Crippen LogP contribution is -2.30. The van der Waals surface area contributed by atoms with E-state index < -0.39 is 15.9 Å². The van der Waals surface area contributed by atoms with Crippen molar-refractivity contribution in [2.75, 3.05) is 5.88 Å². The van der Waals surface area contributed by atoms with Gasteiger partial charge in [-0.15, -0.1) is 5.10 Å². The number of sulfonamides is 1. The Morgan fingerprint density at radius 3 is 2.61 bits per heavy atom. The van der Waals surface area contributed by atoms with E-state index >= 15 is 0 Å². The van der Waals surface area contributed by atoms with Gasteiger partial charge in [0.25, 0.3) is 15.9 Å². The Balaban J connectivity index is 1.62. The number of carbonyl (C=O) groups is 1. The lowest BCUT2D eigenvalue weighted by molar-refractivity contribution is 0.0886. The second-order valence-electron chi connectivity index (χ2n) is 6.18. The maximum absolute atomic E-state index is 12.9. The molecule has 1 aliphatic rings. The largest absolute Gasteiger partial charge is 0.270 e. The van der Waals surface area contributed by atoms with E-state index in [-0.39, 0.29) is 16.3 Å². The Morgan fingerprint density at radius 1 is 1.07 bits per heavy atom. The van der Waals surface area contributed by atoms with Crippen LogP contribution >= 0.6 is 11.8 Å². The number of aromatic nitrogens is 4. The summed E-state index contributed by atoms with van der Waals surface area (Å²) in [7, 11) is -3.88. The summed E-state index contributed by atoms with van der Waals surface area (Å²) in [5.74, 6) is -0.598. The third-order valence-corrected chi connectivity index (χ3v) is 7.23. The van der Waals surface area contributed by atoms with Gasteiger partial charge in [-0.1, -0.05) is 55.4 Å². The molecule has 2 heterocycles. The van der Waals surface area contributed by atoms with Gasteiger partial charge < -0.3 is 0 Å². The predicted molar refractivity (Wildman–Crippen MR) is 104 cm³/mol. The molecule has 4 rings (SSSR count). The number of amides is 1. The van der Waals surface area contributed by atoms with E-state index in [1.54, 1.807) is 6.07 Å². The van der Waals surface area contributed by atoms with Gasteiger partial charge in [0.2, 0.25) is 5.16 Å². The summed E-state index contributed by atoms with van der Waals surface area (Å²) in [5, 5.41) is 12.0. The molecule has 0 unspecified atom stereocenters. The fourth-order valence-corrected chi connectivity index (χ4v) is 5.80. The van der Waals surface area contributed by atoms with Gasteiger partial charge in [0.05, 0.1) is 17.1 Å². The fraction of sp³-hybridized carbons (Fsp3) is 0.222. The predicted octanol–water partition coefficient (Wildman–Crippen LogP) is 2.51. The average molecular weight is 416 g/mol. The first-order valence-corrected chi connectivity index (χ1v) is 11.1. The van der Waals surface area contributed by atoms with E-state index in [0.29, 0.717) is 11.6 Å². The molecule has 1 aromatic heterocycles.